The molecule has 0 aromatic heterocycles. The Hall–Kier alpha value is -2.25. The third kappa shape index (κ3) is 4.87. The number of carbonyl (C=O) groups excluding carboxylic acids is 1. The van der Waals surface area contributed by atoms with Gasteiger partial charge in [0.05, 0.1) is 10.6 Å². The highest BCUT2D eigenvalue weighted by Gasteiger charge is 2.33. The molecule has 0 unspecified atom stereocenters. The predicted octanol–water partition coefficient (Wildman–Crippen LogP) is 4.85. The van der Waals surface area contributed by atoms with Crippen LogP contribution in [0.3, 0.4) is 0 Å². The van der Waals surface area contributed by atoms with Crippen LogP contribution in [0.2, 0.25) is 5.02 Å². The SMILES string of the molecule is Cc1cccc(NC(=O)Nc2ccc(Cl)c(C(F)(F)F)c2)c1CCO. The molecule has 134 valence electrons. The molecule has 0 spiro atoms. The first-order chi connectivity index (χ1) is 11.7. The fourth-order valence-corrected chi connectivity index (χ4v) is 2.59. The summed E-state index contributed by atoms with van der Waals surface area (Å²) in [5.74, 6) is 0. The van der Waals surface area contributed by atoms with Crippen LogP contribution >= 0.6 is 11.6 Å². The molecule has 2 rings (SSSR count). The minimum atomic E-state index is -4.61. The monoisotopic (exact) mass is 372 g/mol. The van der Waals surface area contributed by atoms with E-state index in [0.717, 1.165) is 23.3 Å². The topological polar surface area (TPSA) is 61.4 Å². The van der Waals surface area contributed by atoms with Gasteiger partial charge in [0, 0.05) is 18.0 Å². The Kier molecular flexibility index (Phi) is 5.92. The molecule has 3 N–H and O–H groups in total. The maximum Gasteiger partial charge on any atom is 0.417 e. The molecule has 0 bridgehead atoms. The van der Waals surface area contributed by atoms with Gasteiger partial charge in [-0.05, 0) is 48.7 Å². The predicted molar refractivity (Wildman–Crippen MR) is 91.1 cm³/mol. The van der Waals surface area contributed by atoms with Crippen molar-refractivity contribution in [2.45, 2.75) is 19.5 Å². The number of benzene rings is 2. The number of amides is 2. The summed E-state index contributed by atoms with van der Waals surface area (Å²) in [5, 5.41) is 13.6. The quantitative estimate of drug-likeness (QED) is 0.718. The molecule has 0 heterocycles. The zero-order valence-electron chi connectivity index (χ0n) is 13.2. The first kappa shape index (κ1) is 19.1. The van der Waals surface area contributed by atoms with Crippen LogP contribution in [0, 0.1) is 6.92 Å². The number of hydrogen-bond acceptors (Lipinski definition) is 2. The largest absolute Gasteiger partial charge is 0.417 e. The number of aryl methyl sites for hydroxylation is 1. The summed E-state index contributed by atoms with van der Waals surface area (Å²) < 4.78 is 38.6. The van der Waals surface area contributed by atoms with Gasteiger partial charge in [-0.25, -0.2) is 4.79 Å². The zero-order chi connectivity index (χ0) is 18.6. The molecule has 2 amide bonds. The van der Waals surface area contributed by atoms with E-state index in [4.69, 9.17) is 16.7 Å². The maximum atomic E-state index is 12.9. The molecule has 0 radical (unpaired) electrons. The van der Waals surface area contributed by atoms with E-state index in [1.807, 2.05) is 13.0 Å². The Bertz CT molecular complexity index is 779. The van der Waals surface area contributed by atoms with E-state index in [-0.39, 0.29) is 12.3 Å². The lowest BCUT2D eigenvalue weighted by Crippen LogP contribution is -2.21. The lowest BCUT2D eigenvalue weighted by molar-refractivity contribution is -0.137. The van der Waals surface area contributed by atoms with E-state index in [9.17, 15) is 18.0 Å². The van der Waals surface area contributed by atoms with Crippen molar-refractivity contribution >= 4 is 29.0 Å². The van der Waals surface area contributed by atoms with Gasteiger partial charge in [0.15, 0.2) is 0 Å². The second-order valence-electron chi connectivity index (χ2n) is 5.35. The standard InChI is InChI=1S/C17H16ClF3N2O2/c1-10-3-2-4-15(12(10)7-8-24)23-16(25)22-11-5-6-14(18)13(9-11)17(19,20)21/h2-6,9,24H,7-8H2,1H3,(H2,22,23,25). The molecule has 0 saturated carbocycles. The van der Waals surface area contributed by atoms with Crippen molar-refractivity contribution in [3.05, 3.63) is 58.1 Å². The second-order valence-corrected chi connectivity index (χ2v) is 5.75. The molecular weight excluding hydrogens is 357 g/mol. The number of halogens is 4. The van der Waals surface area contributed by atoms with Crippen LogP contribution in [-0.4, -0.2) is 17.7 Å². The Balaban J connectivity index is 2.18. The highest BCUT2D eigenvalue weighted by molar-refractivity contribution is 6.31. The smallest absolute Gasteiger partial charge is 0.396 e. The zero-order valence-corrected chi connectivity index (χ0v) is 14.0. The third-order valence-corrected chi connectivity index (χ3v) is 3.88. The van der Waals surface area contributed by atoms with E-state index < -0.39 is 22.8 Å². The summed E-state index contributed by atoms with van der Waals surface area (Å²) >= 11 is 5.55. The van der Waals surface area contributed by atoms with Crippen LogP contribution in [0.4, 0.5) is 29.3 Å². The van der Waals surface area contributed by atoms with Crippen LogP contribution in [0.25, 0.3) is 0 Å². The second kappa shape index (κ2) is 7.76. The normalized spacial score (nSPS) is 11.3. The molecule has 0 saturated heterocycles. The number of nitrogens with one attached hydrogen (secondary N) is 2. The number of alkyl halides is 3. The van der Waals surface area contributed by atoms with Crippen molar-refractivity contribution in [2.75, 3.05) is 17.2 Å². The summed E-state index contributed by atoms with van der Waals surface area (Å²) in [4.78, 5) is 12.1. The third-order valence-electron chi connectivity index (χ3n) is 3.55. The maximum absolute atomic E-state index is 12.9. The molecule has 0 aliphatic heterocycles. The van der Waals surface area contributed by atoms with Crippen LogP contribution in [0.15, 0.2) is 36.4 Å². The average Bonchev–Trinajstić information content (AvgIpc) is 2.51. The highest BCUT2D eigenvalue weighted by atomic mass is 35.5. The van der Waals surface area contributed by atoms with Gasteiger partial charge < -0.3 is 15.7 Å². The van der Waals surface area contributed by atoms with Gasteiger partial charge >= 0.3 is 12.2 Å². The van der Waals surface area contributed by atoms with Crippen molar-refractivity contribution in [1.82, 2.24) is 0 Å². The fraction of sp³-hybridized carbons (Fsp3) is 0.235. The molecule has 0 fully saturated rings. The summed E-state index contributed by atoms with van der Waals surface area (Å²) in [5.41, 5.74) is 1.07. The Morgan fingerprint density at radius 2 is 1.92 bits per heavy atom. The van der Waals surface area contributed by atoms with Gasteiger partial charge in [-0.2, -0.15) is 13.2 Å². The van der Waals surface area contributed by atoms with Gasteiger partial charge in [-0.1, -0.05) is 23.7 Å². The van der Waals surface area contributed by atoms with Gasteiger partial charge in [0.1, 0.15) is 0 Å². The van der Waals surface area contributed by atoms with Gasteiger partial charge in [0.25, 0.3) is 0 Å². The Morgan fingerprint density at radius 1 is 1.20 bits per heavy atom. The van der Waals surface area contributed by atoms with Gasteiger partial charge in [-0.15, -0.1) is 0 Å². The molecule has 2 aromatic rings. The fourth-order valence-electron chi connectivity index (χ4n) is 2.37. The minimum Gasteiger partial charge on any atom is -0.396 e. The average molecular weight is 373 g/mol. The summed E-state index contributed by atoms with van der Waals surface area (Å²) in [6.07, 6.45) is -4.27. The van der Waals surface area contributed by atoms with E-state index in [1.54, 1.807) is 12.1 Å². The van der Waals surface area contributed by atoms with E-state index in [0.29, 0.717) is 12.1 Å². The summed E-state index contributed by atoms with van der Waals surface area (Å²) in [7, 11) is 0. The van der Waals surface area contributed by atoms with Crippen LogP contribution in [-0.2, 0) is 12.6 Å². The number of carbonyl (C=O) groups is 1. The van der Waals surface area contributed by atoms with Crippen molar-refractivity contribution < 1.29 is 23.1 Å². The van der Waals surface area contributed by atoms with Crippen LogP contribution in [0.1, 0.15) is 16.7 Å². The van der Waals surface area contributed by atoms with Crippen molar-refractivity contribution in [2.24, 2.45) is 0 Å². The lowest BCUT2D eigenvalue weighted by atomic mass is 10.0. The number of aliphatic hydroxyl groups is 1. The lowest BCUT2D eigenvalue weighted by Gasteiger charge is -2.15. The van der Waals surface area contributed by atoms with Crippen molar-refractivity contribution in [3.8, 4) is 0 Å². The van der Waals surface area contributed by atoms with Crippen molar-refractivity contribution in [3.63, 3.8) is 0 Å². The summed E-state index contributed by atoms with van der Waals surface area (Å²) in [6, 6.07) is 7.65. The molecule has 2 aromatic carbocycles. The molecule has 25 heavy (non-hydrogen) atoms. The van der Waals surface area contributed by atoms with Crippen LogP contribution in [0.5, 0.6) is 0 Å². The Labute approximate surface area is 147 Å². The minimum absolute atomic E-state index is 0.0365. The summed E-state index contributed by atoms with van der Waals surface area (Å²) in [6.45, 7) is 1.75. The molecule has 0 aliphatic carbocycles. The number of rotatable bonds is 4. The molecular formula is C17H16ClF3N2O2. The first-order valence-corrected chi connectivity index (χ1v) is 7.74. The number of aliphatic hydroxyl groups excluding tert-OH is 1. The number of anilines is 2. The molecule has 4 nitrogen and oxygen atoms in total. The molecule has 0 atom stereocenters. The number of urea groups is 1. The molecule has 8 heteroatoms. The van der Waals surface area contributed by atoms with Gasteiger partial charge in [-0.3, -0.25) is 0 Å². The van der Waals surface area contributed by atoms with E-state index in [1.165, 1.54) is 6.07 Å². The number of hydrogen-bond donors (Lipinski definition) is 3. The highest BCUT2D eigenvalue weighted by Crippen LogP contribution is 2.36. The van der Waals surface area contributed by atoms with Gasteiger partial charge in [0.2, 0.25) is 0 Å². The van der Waals surface area contributed by atoms with E-state index >= 15 is 0 Å². The van der Waals surface area contributed by atoms with E-state index in [2.05, 4.69) is 10.6 Å². The van der Waals surface area contributed by atoms with Crippen molar-refractivity contribution in [1.29, 1.82) is 0 Å². The Morgan fingerprint density at radius 3 is 2.56 bits per heavy atom. The van der Waals surface area contributed by atoms with Crippen LogP contribution < -0.4 is 10.6 Å². The first-order valence-electron chi connectivity index (χ1n) is 7.36. The molecule has 0 aliphatic rings.